The number of allylic oxidation sites excluding steroid dienone is 1. The van der Waals surface area contributed by atoms with Crippen LogP contribution in [0.5, 0.6) is 0 Å². The van der Waals surface area contributed by atoms with Gasteiger partial charge in [-0.15, -0.1) is 0 Å². The molecule has 0 radical (unpaired) electrons. The van der Waals surface area contributed by atoms with E-state index < -0.39 is 6.23 Å². The summed E-state index contributed by atoms with van der Waals surface area (Å²) in [6.07, 6.45) is 3.85. The Morgan fingerprint density at radius 3 is 2.52 bits per heavy atom. The lowest BCUT2D eigenvalue weighted by Crippen LogP contribution is -2.41. The number of benzene rings is 2. The monoisotopic (exact) mass is 359 g/mol. The second-order valence-corrected chi connectivity index (χ2v) is 6.69. The molecule has 3 rings (SSSR count). The van der Waals surface area contributed by atoms with E-state index in [9.17, 15) is 10.4 Å². The van der Waals surface area contributed by atoms with Crippen molar-refractivity contribution in [3.63, 3.8) is 0 Å². The summed E-state index contributed by atoms with van der Waals surface area (Å²) in [4.78, 5) is 6.67. The van der Waals surface area contributed by atoms with Crippen molar-refractivity contribution in [1.82, 2.24) is 4.90 Å². The summed E-state index contributed by atoms with van der Waals surface area (Å²) in [7, 11) is 0. The number of aliphatic hydroxyl groups is 1. The molecule has 138 valence electrons. The van der Waals surface area contributed by atoms with Gasteiger partial charge in [0.05, 0.1) is 11.6 Å². The van der Waals surface area contributed by atoms with Crippen molar-refractivity contribution in [1.29, 1.82) is 5.26 Å². The fourth-order valence-electron chi connectivity index (χ4n) is 3.31. The van der Waals surface area contributed by atoms with Gasteiger partial charge in [0.15, 0.2) is 0 Å². The highest BCUT2D eigenvalue weighted by atomic mass is 16.3. The Hall–Kier alpha value is -2.90. The summed E-state index contributed by atoms with van der Waals surface area (Å²) in [5.74, 6) is 0.947. The Labute approximate surface area is 161 Å². The van der Waals surface area contributed by atoms with E-state index in [1.54, 1.807) is 0 Å². The highest BCUT2D eigenvalue weighted by Crippen LogP contribution is 2.25. The zero-order chi connectivity index (χ0) is 19.2. The first kappa shape index (κ1) is 18.9. The SMILES string of the molecule is CCCC1=NC(CC)=CC(O)N1Cc1ccc(-c2ccccc2C#N)cc1. The highest BCUT2D eigenvalue weighted by Gasteiger charge is 2.22. The molecule has 2 aromatic rings. The van der Waals surface area contributed by atoms with Gasteiger partial charge in [0.1, 0.15) is 12.1 Å². The second kappa shape index (κ2) is 8.66. The molecule has 0 saturated heterocycles. The minimum absolute atomic E-state index is 0.605. The summed E-state index contributed by atoms with van der Waals surface area (Å²) in [5.41, 5.74) is 4.68. The van der Waals surface area contributed by atoms with Crippen LogP contribution in [0.1, 0.15) is 44.2 Å². The maximum absolute atomic E-state index is 10.6. The van der Waals surface area contributed by atoms with Gasteiger partial charge in [0, 0.05) is 18.7 Å². The molecule has 1 aliphatic rings. The van der Waals surface area contributed by atoms with Crippen LogP contribution >= 0.6 is 0 Å². The van der Waals surface area contributed by atoms with E-state index in [-0.39, 0.29) is 0 Å². The van der Waals surface area contributed by atoms with Gasteiger partial charge in [-0.2, -0.15) is 5.26 Å². The Balaban J connectivity index is 1.81. The summed E-state index contributed by atoms with van der Waals surface area (Å²) >= 11 is 0. The molecular weight excluding hydrogens is 334 g/mol. The molecule has 1 heterocycles. The number of hydrogen-bond donors (Lipinski definition) is 1. The van der Waals surface area contributed by atoms with E-state index in [2.05, 4.69) is 32.0 Å². The molecule has 0 fully saturated rings. The number of amidine groups is 1. The molecule has 0 spiro atoms. The van der Waals surface area contributed by atoms with Crippen molar-refractivity contribution in [3.05, 3.63) is 71.4 Å². The molecule has 1 atom stereocenters. The average molecular weight is 359 g/mol. The van der Waals surface area contributed by atoms with E-state index in [0.29, 0.717) is 12.1 Å². The summed E-state index contributed by atoms with van der Waals surface area (Å²) < 4.78 is 0. The predicted molar refractivity (Wildman–Crippen MR) is 109 cm³/mol. The maximum Gasteiger partial charge on any atom is 0.149 e. The van der Waals surface area contributed by atoms with Crippen molar-refractivity contribution in [2.75, 3.05) is 0 Å². The minimum Gasteiger partial charge on any atom is -0.370 e. The molecule has 2 aromatic carbocycles. The van der Waals surface area contributed by atoms with E-state index in [0.717, 1.165) is 47.5 Å². The van der Waals surface area contributed by atoms with Crippen LogP contribution < -0.4 is 0 Å². The van der Waals surface area contributed by atoms with E-state index in [1.807, 2.05) is 47.4 Å². The topological polar surface area (TPSA) is 59.6 Å². The molecule has 1 N–H and O–H groups in total. The van der Waals surface area contributed by atoms with E-state index in [1.165, 1.54) is 0 Å². The first-order valence-electron chi connectivity index (χ1n) is 9.47. The molecule has 0 bridgehead atoms. The lowest BCUT2D eigenvalue weighted by molar-refractivity contribution is 0.0857. The molecule has 0 amide bonds. The number of hydrogen-bond acceptors (Lipinski definition) is 4. The first-order valence-corrected chi connectivity index (χ1v) is 9.47. The number of nitriles is 1. The van der Waals surface area contributed by atoms with Crippen LogP contribution in [0.2, 0.25) is 0 Å². The smallest absolute Gasteiger partial charge is 0.149 e. The van der Waals surface area contributed by atoms with Crippen molar-refractivity contribution < 1.29 is 5.11 Å². The van der Waals surface area contributed by atoms with Crippen LogP contribution in [0.4, 0.5) is 0 Å². The van der Waals surface area contributed by atoms with E-state index in [4.69, 9.17) is 4.99 Å². The van der Waals surface area contributed by atoms with Crippen LogP contribution in [0.3, 0.4) is 0 Å². The van der Waals surface area contributed by atoms with Crippen molar-refractivity contribution in [3.8, 4) is 17.2 Å². The van der Waals surface area contributed by atoms with Crippen LogP contribution in [0, 0.1) is 11.3 Å². The Morgan fingerprint density at radius 1 is 1.11 bits per heavy atom. The molecule has 27 heavy (non-hydrogen) atoms. The van der Waals surface area contributed by atoms with Gasteiger partial charge >= 0.3 is 0 Å². The summed E-state index contributed by atoms with van der Waals surface area (Å²) in [5, 5.41) is 19.9. The normalized spacial score (nSPS) is 16.5. The molecule has 4 nitrogen and oxygen atoms in total. The lowest BCUT2D eigenvalue weighted by atomic mass is 9.99. The summed E-state index contributed by atoms with van der Waals surface area (Å²) in [6.45, 7) is 4.78. The highest BCUT2D eigenvalue weighted by molar-refractivity contribution is 5.84. The molecular formula is C23H25N3O. The van der Waals surface area contributed by atoms with Crippen LogP contribution in [0.25, 0.3) is 11.1 Å². The minimum atomic E-state index is -0.641. The number of nitrogens with zero attached hydrogens (tertiary/aromatic N) is 3. The van der Waals surface area contributed by atoms with Gasteiger partial charge in [0.2, 0.25) is 0 Å². The standard InChI is InChI=1S/C23H25N3O/c1-3-7-22-25-20(4-2)14-23(27)26(22)16-17-10-12-18(13-11-17)21-9-6-5-8-19(21)15-24/h5-6,8-14,23,27H,3-4,7,16H2,1-2H3. The van der Waals surface area contributed by atoms with Gasteiger partial charge in [0.25, 0.3) is 0 Å². The van der Waals surface area contributed by atoms with Gasteiger partial charge < -0.3 is 10.0 Å². The molecule has 0 aromatic heterocycles. The van der Waals surface area contributed by atoms with Crippen LogP contribution in [-0.2, 0) is 6.54 Å². The Bertz CT molecular complexity index is 891. The third kappa shape index (κ3) is 4.27. The zero-order valence-corrected chi connectivity index (χ0v) is 15.9. The second-order valence-electron chi connectivity index (χ2n) is 6.69. The van der Waals surface area contributed by atoms with Crippen LogP contribution in [0.15, 0.2) is 65.3 Å². The fraction of sp³-hybridized carbons (Fsp3) is 0.304. The zero-order valence-electron chi connectivity index (χ0n) is 15.9. The van der Waals surface area contributed by atoms with Crippen LogP contribution in [-0.4, -0.2) is 22.1 Å². The number of aliphatic imine (C=N–C) groups is 1. The maximum atomic E-state index is 10.6. The number of rotatable bonds is 6. The lowest BCUT2D eigenvalue weighted by Gasteiger charge is -2.33. The van der Waals surface area contributed by atoms with Gasteiger partial charge in [-0.1, -0.05) is 56.3 Å². The summed E-state index contributed by atoms with van der Waals surface area (Å²) in [6, 6.07) is 18.0. The Kier molecular flexibility index (Phi) is 6.05. The first-order chi connectivity index (χ1) is 13.2. The van der Waals surface area contributed by atoms with E-state index >= 15 is 0 Å². The molecule has 0 saturated carbocycles. The average Bonchev–Trinajstić information content (AvgIpc) is 2.71. The number of aliphatic hydroxyl groups excluding tert-OH is 1. The molecule has 1 aliphatic heterocycles. The molecule has 1 unspecified atom stereocenters. The fourth-order valence-corrected chi connectivity index (χ4v) is 3.31. The molecule has 0 aliphatic carbocycles. The van der Waals surface area contributed by atoms with Gasteiger partial charge in [-0.25, -0.2) is 4.99 Å². The Morgan fingerprint density at radius 2 is 1.85 bits per heavy atom. The largest absolute Gasteiger partial charge is 0.370 e. The predicted octanol–water partition coefficient (Wildman–Crippen LogP) is 4.85. The quantitative estimate of drug-likeness (QED) is 0.802. The van der Waals surface area contributed by atoms with Gasteiger partial charge in [-0.3, -0.25) is 0 Å². The third-order valence-corrected chi connectivity index (χ3v) is 4.77. The molecule has 4 heteroatoms. The van der Waals surface area contributed by atoms with Crippen molar-refractivity contribution in [2.24, 2.45) is 4.99 Å². The third-order valence-electron chi connectivity index (χ3n) is 4.77. The van der Waals surface area contributed by atoms with Crippen molar-refractivity contribution in [2.45, 2.75) is 45.9 Å². The van der Waals surface area contributed by atoms with Gasteiger partial charge in [-0.05, 0) is 41.7 Å². The van der Waals surface area contributed by atoms with Crippen molar-refractivity contribution >= 4 is 5.84 Å².